The minimum absolute atomic E-state index is 0.152. The van der Waals surface area contributed by atoms with E-state index in [1.165, 1.54) is 19.2 Å². The standard InChI is InChI=1S/C13H16N2O4S/c1-10-4-3-5-11(14-10)8-15(2)20(17,18)13-7-6-12(9-16)19-13/h3-7,16H,8-9H2,1-2H3. The second kappa shape index (κ2) is 5.74. The lowest BCUT2D eigenvalue weighted by atomic mass is 10.3. The highest BCUT2D eigenvalue weighted by Gasteiger charge is 2.25. The van der Waals surface area contributed by atoms with Crippen molar-refractivity contribution in [2.45, 2.75) is 25.2 Å². The van der Waals surface area contributed by atoms with Crippen LogP contribution in [0.25, 0.3) is 0 Å². The van der Waals surface area contributed by atoms with E-state index in [0.29, 0.717) is 5.69 Å². The Bertz CT molecular complexity index is 694. The Morgan fingerprint density at radius 2 is 2.05 bits per heavy atom. The Kier molecular flexibility index (Phi) is 4.22. The predicted octanol–water partition coefficient (Wildman–Crippen LogP) is 1.30. The van der Waals surface area contributed by atoms with Gasteiger partial charge in [-0.05, 0) is 31.2 Å². The van der Waals surface area contributed by atoms with Crippen LogP contribution >= 0.6 is 0 Å². The molecule has 0 atom stereocenters. The van der Waals surface area contributed by atoms with Crippen molar-refractivity contribution in [2.75, 3.05) is 7.05 Å². The van der Waals surface area contributed by atoms with Crippen LogP contribution < -0.4 is 0 Å². The molecule has 2 aromatic heterocycles. The molecule has 2 aromatic rings. The van der Waals surface area contributed by atoms with Crippen LogP contribution in [0.2, 0.25) is 0 Å². The molecule has 0 fully saturated rings. The molecule has 0 bridgehead atoms. The molecular weight excluding hydrogens is 280 g/mol. The first-order valence-corrected chi connectivity index (χ1v) is 7.46. The molecule has 0 aliphatic rings. The van der Waals surface area contributed by atoms with Gasteiger partial charge in [-0.3, -0.25) is 4.98 Å². The van der Waals surface area contributed by atoms with Crippen molar-refractivity contribution in [3.63, 3.8) is 0 Å². The summed E-state index contributed by atoms with van der Waals surface area (Å²) >= 11 is 0. The molecular formula is C13H16N2O4S. The van der Waals surface area contributed by atoms with E-state index in [-0.39, 0.29) is 24.0 Å². The fourth-order valence-electron chi connectivity index (χ4n) is 1.74. The second-order valence-corrected chi connectivity index (χ2v) is 6.39. The molecule has 0 aromatic carbocycles. The minimum Gasteiger partial charge on any atom is -0.446 e. The lowest BCUT2D eigenvalue weighted by Crippen LogP contribution is -2.26. The molecule has 0 saturated carbocycles. The number of aryl methyl sites for hydroxylation is 1. The second-order valence-electron chi connectivity index (χ2n) is 4.41. The van der Waals surface area contributed by atoms with Crippen LogP contribution in [0.15, 0.2) is 39.8 Å². The van der Waals surface area contributed by atoms with Crippen molar-refractivity contribution in [1.82, 2.24) is 9.29 Å². The fourth-order valence-corrected chi connectivity index (χ4v) is 2.80. The monoisotopic (exact) mass is 296 g/mol. The Morgan fingerprint density at radius 3 is 2.65 bits per heavy atom. The summed E-state index contributed by atoms with van der Waals surface area (Å²) < 4.78 is 30.8. The maximum atomic E-state index is 12.3. The highest BCUT2D eigenvalue weighted by Crippen LogP contribution is 2.19. The number of aliphatic hydroxyl groups excluding tert-OH is 1. The number of aromatic nitrogens is 1. The lowest BCUT2D eigenvalue weighted by Gasteiger charge is -2.15. The maximum absolute atomic E-state index is 12.3. The summed E-state index contributed by atoms with van der Waals surface area (Å²) in [4.78, 5) is 4.26. The Balaban J connectivity index is 2.21. The van der Waals surface area contributed by atoms with E-state index in [9.17, 15) is 8.42 Å². The van der Waals surface area contributed by atoms with Gasteiger partial charge in [0.2, 0.25) is 5.09 Å². The van der Waals surface area contributed by atoms with Gasteiger partial charge in [-0.15, -0.1) is 0 Å². The Morgan fingerprint density at radius 1 is 1.30 bits per heavy atom. The number of sulfonamides is 1. The maximum Gasteiger partial charge on any atom is 0.276 e. The quantitative estimate of drug-likeness (QED) is 0.899. The summed E-state index contributed by atoms with van der Waals surface area (Å²) in [6, 6.07) is 8.21. The number of hydrogen-bond donors (Lipinski definition) is 1. The number of hydrogen-bond acceptors (Lipinski definition) is 5. The summed E-state index contributed by atoms with van der Waals surface area (Å²) in [6.07, 6.45) is 0. The predicted molar refractivity (Wildman–Crippen MR) is 72.3 cm³/mol. The molecule has 0 aliphatic heterocycles. The van der Waals surface area contributed by atoms with Crippen LogP contribution in [0.3, 0.4) is 0 Å². The van der Waals surface area contributed by atoms with Gasteiger partial charge in [-0.2, -0.15) is 4.31 Å². The van der Waals surface area contributed by atoms with Gasteiger partial charge in [0.15, 0.2) is 0 Å². The molecule has 0 radical (unpaired) electrons. The number of nitrogens with zero attached hydrogens (tertiary/aromatic N) is 2. The van der Waals surface area contributed by atoms with Crippen LogP contribution in [-0.2, 0) is 23.2 Å². The van der Waals surface area contributed by atoms with Crippen LogP contribution in [-0.4, -0.2) is 29.9 Å². The van der Waals surface area contributed by atoms with E-state index in [1.807, 2.05) is 19.1 Å². The van der Waals surface area contributed by atoms with Crippen molar-refractivity contribution in [2.24, 2.45) is 0 Å². The SMILES string of the molecule is Cc1cccc(CN(C)S(=O)(=O)c2ccc(CO)o2)n1. The highest BCUT2D eigenvalue weighted by atomic mass is 32.2. The van der Waals surface area contributed by atoms with Crippen LogP contribution in [0.1, 0.15) is 17.1 Å². The van der Waals surface area contributed by atoms with Gasteiger partial charge in [-0.25, -0.2) is 8.42 Å². The third-order valence-electron chi connectivity index (χ3n) is 2.79. The number of pyridine rings is 1. The van der Waals surface area contributed by atoms with E-state index >= 15 is 0 Å². The van der Waals surface area contributed by atoms with Gasteiger partial charge in [-0.1, -0.05) is 6.07 Å². The van der Waals surface area contributed by atoms with Crippen molar-refractivity contribution in [3.05, 3.63) is 47.5 Å². The van der Waals surface area contributed by atoms with Crippen LogP contribution in [0.5, 0.6) is 0 Å². The molecule has 2 rings (SSSR count). The average Bonchev–Trinajstić information content (AvgIpc) is 2.88. The van der Waals surface area contributed by atoms with E-state index in [2.05, 4.69) is 4.98 Å². The van der Waals surface area contributed by atoms with Gasteiger partial charge in [0.1, 0.15) is 12.4 Å². The molecule has 0 amide bonds. The third-order valence-corrected chi connectivity index (χ3v) is 4.47. The average molecular weight is 296 g/mol. The van der Waals surface area contributed by atoms with Gasteiger partial charge >= 0.3 is 0 Å². The molecule has 0 aliphatic carbocycles. The van der Waals surface area contributed by atoms with Gasteiger partial charge in [0.05, 0.1) is 12.2 Å². The number of aliphatic hydroxyl groups is 1. The van der Waals surface area contributed by atoms with Crippen molar-refractivity contribution in [3.8, 4) is 0 Å². The number of rotatable bonds is 5. The fraction of sp³-hybridized carbons (Fsp3) is 0.308. The van der Waals surface area contributed by atoms with Crippen LogP contribution in [0, 0.1) is 6.92 Å². The molecule has 6 nitrogen and oxygen atoms in total. The first kappa shape index (κ1) is 14.7. The number of furan rings is 1. The van der Waals surface area contributed by atoms with Gasteiger partial charge in [0.25, 0.3) is 10.0 Å². The van der Waals surface area contributed by atoms with Crippen LogP contribution in [0.4, 0.5) is 0 Å². The zero-order valence-corrected chi connectivity index (χ0v) is 12.1. The topological polar surface area (TPSA) is 83.6 Å². The van der Waals surface area contributed by atoms with E-state index in [1.54, 1.807) is 6.07 Å². The van der Waals surface area contributed by atoms with Gasteiger partial charge < -0.3 is 9.52 Å². The van der Waals surface area contributed by atoms with E-state index in [0.717, 1.165) is 10.00 Å². The largest absolute Gasteiger partial charge is 0.446 e. The smallest absolute Gasteiger partial charge is 0.276 e. The molecule has 7 heteroatoms. The normalized spacial score (nSPS) is 12.0. The summed E-state index contributed by atoms with van der Waals surface area (Å²) in [7, 11) is -2.26. The lowest BCUT2D eigenvalue weighted by molar-refractivity contribution is 0.235. The summed E-state index contributed by atoms with van der Waals surface area (Å²) in [5.41, 5.74) is 1.49. The molecule has 1 N–H and O–H groups in total. The molecule has 0 spiro atoms. The zero-order valence-electron chi connectivity index (χ0n) is 11.3. The van der Waals surface area contributed by atoms with E-state index < -0.39 is 10.0 Å². The van der Waals surface area contributed by atoms with E-state index in [4.69, 9.17) is 9.52 Å². The first-order valence-electron chi connectivity index (χ1n) is 6.02. The molecule has 2 heterocycles. The highest BCUT2D eigenvalue weighted by molar-refractivity contribution is 7.88. The summed E-state index contributed by atoms with van der Waals surface area (Å²) in [5, 5.41) is 8.73. The third kappa shape index (κ3) is 3.06. The summed E-state index contributed by atoms with van der Waals surface area (Å²) in [6.45, 7) is 1.66. The van der Waals surface area contributed by atoms with Crippen molar-refractivity contribution >= 4 is 10.0 Å². The molecule has 0 saturated heterocycles. The first-order chi connectivity index (χ1) is 9.43. The molecule has 108 valence electrons. The zero-order chi connectivity index (χ0) is 14.8. The molecule has 0 unspecified atom stereocenters. The van der Waals surface area contributed by atoms with Crippen molar-refractivity contribution in [1.29, 1.82) is 0 Å². The summed E-state index contributed by atoms with van der Waals surface area (Å²) in [5.74, 6) is 0.214. The Labute approximate surface area is 117 Å². The van der Waals surface area contributed by atoms with Crippen molar-refractivity contribution < 1.29 is 17.9 Å². The molecule has 20 heavy (non-hydrogen) atoms. The minimum atomic E-state index is -3.72. The van der Waals surface area contributed by atoms with Gasteiger partial charge in [0, 0.05) is 12.7 Å². The Hall–Kier alpha value is -1.70.